The first-order valence-electron chi connectivity index (χ1n) is 3.20. The van der Waals surface area contributed by atoms with Crippen LogP contribution < -0.4 is 5.73 Å². The highest BCUT2D eigenvalue weighted by Crippen LogP contribution is 2.20. The van der Waals surface area contributed by atoms with Gasteiger partial charge in [0.05, 0.1) is 6.26 Å². The Morgan fingerprint density at radius 1 is 1.55 bits per heavy atom. The zero-order chi connectivity index (χ0) is 8.48. The zero-order valence-corrected chi connectivity index (χ0v) is 7.82. The lowest BCUT2D eigenvalue weighted by molar-refractivity contribution is 0.219. The largest absolute Gasteiger partial charge is 0.325 e. The van der Waals surface area contributed by atoms with Crippen molar-refractivity contribution in [1.82, 2.24) is 0 Å². The topological polar surface area (TPSA) is 69.4 Å². The van der Waals surface area contributed by atoms with Crippen molar-refractivity contribution in [3.63, 3.8) is 0 Å². The fourth-order valence-electron chi connectivity index (χ4n) is 0.875. The van der Waals surface area contributed by atoms with Gasteiger partial charge in [-0.25, -0.2) is 0 Å². The predicted octanol–water partition coefficient (Wildman–Crippen LogP) is -0.595. The molecule has 1 aliphatic rings. The van der Waals surface area contributed by atoms with Crippen molar-refractivity contribution in [3.8, 4) is 0 Å². The van der Waals surface area contributed by atoms with Crippen molar-refractivity contribution in [3.05, 3.63) is 0 Å². The average Bonchev–Trinajstić information content (AvgIpc) is 2.12. The SMILES string of the molecule is CS(=O)(=O)OC1CSCC1N. The summed E-state index contributed by atoms with van der Waals surface area (Å²) in [5.74, 6) is 1.45. The summed E-state index contributed by atoms with van der Waals surface area (Å²) in [6.45, 7) is 0. The second kappa shape index (κ2) is 3.30. The number of hydrogen-bond acceptors (Lipinski definition) is 5. The molecule has 2 unspecified atom stereocenters. The predicted molar refractivity (Wildman–Crippen MR) is 45.0 cm³/mol. The third-order valence-corrected chi connectivity index (χ3v) is 3.15. The van der Waals surface area contributed by atoms with Crippen LogP contribution in [0.1, 0.15) is 0 Å². The molecule has 66 valence electrons. The summed E-state index contributed by atoms with van der Waals surface area (Å²) in [5, 5.41) is 0. The van der Waals surface area contributed by atoms with Gasteiger partial charge in [0.1, 0.15) is 6.10 Å². The molecule has 0 radical (unpaired) electrons. The van der Waals surface area contributed by atoms with Gasteiger partial charge in [0.25, 0.3) is 10.1 Å². The molecule has 0 spiro atoms. The molecule has 0 bridgehead atoms. The van der Waals surface area contributed by atoms with E-state index < -0.39 is 10.1 Å². The number of rotatable bonds is 2. The zero-order valence-electron chi connectivity index (χ0n) is 6.19. The van der Waals surface area contributed by atoms with Crippen LogP contribution in [0.2, 0.25) is 0 Å². The Morgan fingerprint density at radius 3 is 2.55 bits per heavy atom. The van der Waals surface area contributed by atoms with Crippen LogP contribution in [0.3, 0.4) is 0 Å². The van der Waals surface area contributed by atoms with Gasteiger partial charge in [0.2, 0.25) is 0 Å². The second-order valence-corrected chi connectivity index (χ2v) is 5.22. The molecule has 2 N–H and O–H groups in total. The maximum Gasteiger partial charge on any atom is 0.264 e. The number of thioether (sulfide) groups is 1. The van der Waals surface area contributed by atoms with E-state index in [4.69, 9.17) is 9.92 Å². The van der Waals surface area contributed by atoms with Crippen LogP contribution in [0.5, 0.6) is 0 Å². The number of hydrogen-bond donors (Lipinski definition) is 1. The molecule has 1 rings (SSSR count). The van der Waals surface area contributed by atoms with Gasteiger partial charge >= 0.3 is 0 Å². The second-order valence-electron chi connectivity index (χ2n) is 2.54. The molecule has 0 aliphatic carbocycles. The van der Waals surface area contributed by atoms with E-state index >= 15 is 0 Å². The van der Waals surface area contributed by atoms with E-state index in [2.05, 4.69) is 0 Å². The quantitative estimate of drug-likeness (QED) is 0.599. The fraction of sp³-hybridized carbons (Fsp3) is 1.00. The van der Waals surface area contributed by atoms with E-state index in [0.717, 1.165) is 12.0 Å². The van der Waals surface area contributed by atoms with E-state index in [-0.39, 0.29) is 12.1 Å². The summed E-state index contributed by atoms with van der Waals surface area (Å²) >= 11 is 1.62. The minimum absolute atomic E-state index is 0.144. The Bertz CT molecular complexity index is 226. The molecule has 1 saturated heterocycles. The standard InChI is InChI=1S/C5H11NO3S2/c1-11(7,8)9-5-3-10-2-4(5)6/h4-5H,2-3,6H2,1H3. The monoisotopic (exact) mass is 197 g/mol. The lowest BCUT2D eigenvalue weighted by atomic mass is 10.2. The Balaban J connectivity index is 2.50. The van der Waals surface area contributed by atoms with E-state index in [1.165, 1.54) is 0 Å². The molecule has 1 aliphatic heterocycles. The van der Waals surface area contributed by atoms with Crippen molar-refractivity contribution >= 4 is 21.9 Å². The van der Waals surface area contributed by atoms with E-state index in [9.17, 15) is 8.42 Å². The molecule has 1 heterocycles. The highest BCUT2D eigenvalue weighted by atomic mass is 32.2. The Labute approximate surface area is 70.6 Å². The third-order valence-electron chi connectivity index (χ3n) is 1.37. The van der Waals surface area contributed by atoms with Gasteiger partial charge in [-0.3, -0.25) is 4.18 Å². The van der Waals surface area contributed by atoms with E-state index in [1.54, 1.807) is 11.8 Å². The van der Waals surface area contributed by atoms with Crippen molar-refractivity contribution in [2.24, 2.45) is 5.73 Å². The molecule has 4 nitrogen and oxygen atoms in total. The lowest BCUT2D eigenvalue weighted by Gasteiger charge is -2.12. The molecule has 0 aromatic rings. The first-order valence-corrected chi connectivity index (χ1v) is 6.18. The molecule has 0 aromatic carbocycles. The third kappa shape index (κ3) is 2.98. The normalized spacial score (nSPS) is 32.5. The molecule has 11 heavy (non-hydrogen) atoms. The van der Waals surface area contributed by atoms with Crippen molar-refractivity contribution in [2.45, 2.75) is 12.1 Å². The van der Waals surface area contributed by atoms with Gasteiger partial charge in [-0.1, -0.05) is 0 Å². The molecular weight excluding hydrogens is 186 g/mol. The summed E-state index contributed by atoms with van der Waals surface area (Å²) in [6, 6.07) is -0.144. The van der Waals surface area contributed by atoms with E-state index in [1.807, 2.05) is 0 Å². The van der Waals surface area contributed by atoms with Crippen molar-refractivity contribution in [2.75, 3.05) is 17.8 Å². The van der Waals surface area contributed by atoms with Crippen LogP contribution in [-0.2, 0) is 14.3 Å². The van der Waals surface area contributed by atoms with E-state index in [0.29, 0.717) is 5.75 Å². The summed E-state index contributed by atoms with van der Waals surface area (Å²) in [7, 11) is -3.33. The molecule has 1 fully saturated rings. The molecule has 6 heteroatoms. The summed E-state index contributed by atoms with van der Waals surface area (Å²) in [4.78, 5) is 0. The fourth-order valence-corrected chi connectivity index (χ4v) is 2.79. The molecule has 0 saturated carbocycles. The van der Waals surface area contributed by atoms with Gasteiger partial charge in [-0.05, 0) is 0 Å². The summed E-state index contributed by atoms with van der Waals surface area (Å²) < 4.78 is 26.0. The molecule has 2 atom stereocenters. The summed E-state index contributed by atoms with van der Waals surface area (Å²) in [5.41, 5.74) is 5.58. The maximum atomic E-state index is 10.6. The highest BCUT2D eigenvalue weighted by Gasteiger charge is 2.28. The van der Waals surface area contributed by atoms with Crippen LogP contribution >= 0.6 is 11.8 Å². The summed E-state index contributed by atoms with van der Waals surface area (Å²) in [6.07, 6.45) is 0.720. The van der Waals surface area contributed by atoms with Gasteiger partial charge in [0, 0.05) is 17.5 Å². The Kier molecular flexibility index (Phi) is 2.79. The molecule has 0 aromatic heterocycles. The molecular formula is C5H11NO3S2. The van der Waals surface area contributed by atoms with Gasteiger partial charge < -0.3 is 5.73 Å². The average molecular weight is 197 g/mol. The lowest BCUT2D eigenvalue weighted by Crippen LogP contribution is -2.36. The Morgan fingerprint density at radius 2 is 2.18 bits per heavy atom. The first kappa shape index (κ1) is 9.31. The van der Waals surface area contributed by atoms with Gasteiger partial charge in [0.15, 0.2) is 0 Å². The number of nitrogens with two attached hydrogens (primary N) is 1. The van der Waals surface area contributed by atoms with Crippen LogP contribution in [0.25, 0.3) is 0 Å². The van der Waals surface area contributed by atoms with Gasteiger partial charge in [-0.2, -0.15) is 20.2 Å². The van der Waals surface area contributed by atoms with Crippen LogP contribution in [0.15, 0.2) is 0 Å². The first-order chi connectivity index (χ1) is 4.99. The maximum absolute atomic E-state index is 10.6. The highest BCUT2D eigenvalue weighted by molar-refractivity contribution is 7.99. The van der Waals surface area contributed by atoms with Crippen LogP contribution in [0, 0.1) is 0 Å². The van der Waals surface area contributed by atoms with Crippen molar-refractivity contribution < 1.29 is 12.6 Å². The minimum Gasteiger partial charge on any atom is -0.325 e. The van der Waals surface area contributed by atoms with Crippen molar-refractivity contribution in [1.29, 1.82) is 0 Å². The smallest absolute Gasteiger partial charge is 0.264 e. The minimum atomic E-state index is -3.33. The van der Waals surface area contributed by atoms with Gasteiger partial charge in [-0.15, -0.1) is 0 Å². The Hall–Kier alpha value is 0.220. The van der Waals surface area contributed by atoms with Crippen LogP contribution in [0.4, 0.5) is 0 Å². The molecule has 0 amide bonds. The van der Waals surface area contributed by atoms with Crippen LogP contribution in [-0.4, -0.2) is 38.3 Å².